The van der Waals surface area contributed by atoms with Crippen molar-refractivity contribution in [2.45, 2.75) is 20.0 Å². The van der Waals surface area contributed by atoms with Gasteiger partial charge >= 0.3 is 0 Å². The molecule has 0 saturated heterocycles. The largest absolute Gasteiger partial charge is 0.545 e. The van der Waals surface area contributed by atoms with Crippen molar-refractivity contribution in [3.63, 3.8) is 0 Å². The molecular weight excluding hydrogens is 440 g/mol. The highest BCUT2D eigenvalue weighted by Crippen LogP contribution is 2.34. The van der Waals surface area contributed by atoms with Crippen molar-refractivity contribution in [1.82, 2.24) is 5.43 Å². The van der Waals surface area contributed by atoms with Crippen LogP contribution in [0.1, 0.15) is 43.6 Å². The van der Waals surface area contributed by atoms with Crippen LogP contribution in [-0.4, -0.2) is 24.7 Å². The van der Waals surface area contributed by atoms with Crippen LogP contribution in [0.4, 0.5) is 0 Å². The predicted octanol–water partition coefficient (Wildman–Crippen LogP) is 3.58. The van der Waals surface area contributed by atoms with E-state index in [1.807, 2.05) is 18.4 Å². The standard InChI is InChI=1S/C25H24N2O5S/c1-3-6-20-13-18(15-26-27-24(28)22-7-5-12-33-22)14-21(31-4-2)23(20)32-16-17-8-10-19(11-9-17)25(29)30/h3,5,7-15H,1,4,6,16H2,2H3,(H,27,28)(H,29,30)/p-1/b26-15-. The van der Waals surface area contributed by atoms with Crippen molar-refractivity contribution in [2.75, 3.05) is 6.61 Å². The number of carboxylic acid groups (broad SMARTS) is 1. The number of carbonyl (C=O) groups is 2. The zero-order chi connectivity index (χ0) is 23.6. The third-order valence-electron chi connectivity index (χ3n) is 4.52. The normalized spacial score (nSPS) is 10.7. The minimum Gasteiger partial charge on any atom is -0.545 e. The first-order valence-corrected chi connectivity index (χ1v) is 11.1. The van der Waals surface area contributed by atoms with Crippen molar-refractivity contribution in [3.05, 3.63) is 93.7 Å². The lowest BCUT2D eigenvalue weighted by Gasteiger charge is -2.17. The zero-order valence-electron chi connectivity index (χ0n) is 18.1. The van der Waals surface area contributed by atoms with Crippen LogP contribution < -0.4 is 20.0 Å². The number of carboxylic acids is 1. The summed E-state index contributed by atoms with van der Waals surface area (Å²) in [6.45, 7) is 6.34. The van der Waals surface area contributed by atoms with Crippen molar-refractivity contribution >= 4 is 29.4 Å². The van der Waals surface area contributed by atoms with Crippen LogP contribution in [0.3, 0.4) is 0 Å². The molecular formula is C25H23N2O5S-. The van der Waals surface area contributed by atoms with Crippen molar-refractivity contribution in [3.8, 4) is 11.5 Å². The molecule has 7 nitrogen and oxygen atoms in total. The molecule has 1 amide bonds. The van der Waals surface area contributed by atoms with Crippen LogP contribution in [0.5, 0.6) is 11.5 Å². The van der Waals surface area contributed by atoms with Crippen molar-refractivity contribution in [2.24, 2.45) is 5.10 Å². The molecule has 0 saturated carbocycles. The SMILES string of the molecule is C=CCc1cc(/C=N\NC(=O)c2cccs2)cc(OCC)c1OCc1ccc(C(=O)[O-])cc1. The molecule has 0 atom stereocenters. The maximum Gasteiger partial charge on any atom is 0.281 e. The summed E-state index contributed by atoms with van der Waals surface area (Å²) in [7, 11) is 0. The van der Waals surface area contributed by atoms with E-state index in [-0.39, 0.29) is 18.1 Å². The van der Waals surface area contributed by atoms with Gasteiger partial charge in [0.1, 0.15) is 6.61 Å². The topological polar surface area (TPSA) is 100 Å². The monoisotopic (exact) mass is 463 g/mol. The minimum absolute atomic E-state index is 0.107. The highest BCUT2D eigenvalue weighted by Gasteiger charge is 2.14. The molecule has 0 fully saturated rings. The van der Waals surface area contributed by atoms with Gasteiger partial charge in [0.15, 0.2) is 11.5 Å². The quantitative estimate of drug-likeness (QED) is 0.266. The lowest BCUT2D eigenvalue weighted by Crippen LogP contribution is -2.22. The van der Waals surface area contributed by atoms with Gasteiger partial charge in [-0.1, -0.05) is 36.4 Å². The van der Waals surface area contributed by atoms with Gasteiger partial charge in [-0.3, -0.25) is 4.79 Å². The number of hydrazone groups is 1. The molecule has 33 heavy (non-hydrogen) atoms. The summed E-state index contributed by atoms with van der Waals surface area (Å²) >= 11 is 1.34. The summed E-state index contributed by atoms with van der Waals surface area (Å²) in [5.41, 5.74) is 4.99. The summed E-state index contributed by atoms with van der Waals surface area (Å²) in [6.07, 6.45) is 3.83. The fraction of sp³-hybridized carbons (Fsp3) is 0.160. The van der Waals surface area contributed by atoms with Crippen LogP contribution >= 0.6 is 11.3 Å². The predicted molar refractivity (Wildman–Crippen MR) is 126 cm³/mol. The minimum atomic E-state index is -1.22. The van der Waals surface area contributed by atoms with Gasteiger partial charge in [-0.2, -0.15) is 5.10 Å². The molecule has 0 bridgehead atoms. The van der Waals surface area contributed by atoms with E-state index < -0.39 is 5.97 Å². The average molecular weight is 464 g/mol. The van der Waals surface area contributed by atoms with Crippen LogP contribution in [0.15, 0.2) is 71.7 Å². The average Bonchev–Trinajstić information content (AvgIpc) is 3.34. The van der Waals surface area contributed by atoms with E-state index in [1.54, 1.807) is 42.6 Å². The lowest BCUT2D eigenvalue weighted by molar-refractivity contribution is -0.255. The molecule has 0 aliphatic rings. The number of hydrogen-bond acceptors (Lipinski definition) is 7. The Labute approximate surface area is 196 Å². The summed E-state index contributed by atoms with van der Waals surface area (Å²) in [4.78, 5) is 23.6. The van der Waals surface area contributed by atoms with Crippen LogP contribution in [0.25, 0.3) is 0 Å². The number of amides is 1. The number of nitrogens with one attached hydrogen (secondary N) is 1. The number of aromatic carboxylic acids is 1. The van der Waals surface area contributed by atoms with E-state index in [0.717, 1.165) is 16.7 Å². The van der Waals surface area contributed by atoms with Gasteiger partial charge in [0, 0.05) is 5.56 Å². The van der Waals surface area contributed by atoms with E-state index in [9.17, 15) is 14.7 Å². The Kier molecular flexibility index (Phi) is 8.37. The molecule has 0 radical (unpaired) electrons. The van der Waals surface area contributed by atoms with Crippen LogP contribution in [0.2, 0.25) is 0 Å². The first-order chi connectivity index (χ1) is 16.0. The highest BCUT2D eigenvalue weighted by molar-refractivity contribution is 7.12. The fourth-order valence-corrected chi connectivity index (χ4v) is 3.63. The van der Waals surface area contributed by atoms with Gasteiger partial charge in [-0.15, -0.1) is 17.9 Å². The van der Waals surface area contributed by atoms with Gasteiger partial charge < -0.3 is 19.4 Å². The Bertz CT molecular complexity index is 1140. The van der Waals surface area contributed by atoms with Crippen LogP contribution in [-0.2, 0) is 13.0 Å². The number of hydrogen-bond donors (Lipinski definition) is 1. The molecule has 2 aromatic carbocycles. The summed E-state index contributed by atoms with van der Waals surface area (Å²) < 4.78 is 11.9. The Hall–Kier alpha value is -3.91. The Morgan fingerprint density at radius 1 is 1.18 bits per heavy atom. The van der Waals surface area contributed by atoms with Gasteiger partial charge in [0.2, 0.25) is 0 Å². The molecule has 0 aliphatic heterocycles. The Balaban J connectivity index is 1.80. The van der Waals surface area contributed by atoms with Gasteiger partial charge in [-0.25, -0.2) is 5.43 Å². The number of allylic oxidation sites excluding steroid dienone is 1. The molecule has 0 spiro atoms. The molecule has 1 heterocycles. The number of ether oxygens (including phenoxy) is 2. The second kappa shape index (κ2) is 11.6. The molecule has 0 unspecified atom stereocenters. The lowest BCUT2D eigenvalue weighted by atomic mass is 10.1. The smallest absolute Gasteiger partial charge is 0.281 e. The first kappa shape index (κ1) is 23.7. The van der Waals surface area contributed by atoms with E-state index in [0.29, 0.717) is 29.4 Å². The maximum atomic E-state index is 12.1. The van der Waals surface area contributed by atoms with E-state index in [1.165, 1.54) is 23.5 Å². The third-order valence-corrected chi connectivity index (χ3v) is 5.38. The first-order valence-electron chi connectivity index (χ1n) is 10.2. The molecule has 1 N–H and O–H groups in total. The van der Waals surface area contributed by atoms with E-state index in [4.69, 9.17) is 9.47 Å². The van der Waals surface area contributed by atoms with Crippen LogP contribution in [0, 0.1) is 0 Å². The van der Waals surface area contributed by atoms with E-state index in [2.05, 4.69) is 17.1 Å². The summed E-state index contributed by atoms with van der Waals surface area (Å²) in [5.74, 6) is -0.393. The molecule has 3 rings (SSSR count). The van der Waals surface area contributed by atoms with E-state index >= 15 is 0 Å². The number of rotatable bonds is 11. The molecule has 3 aromatic rings. The zero-order valence-corrected chi connectivity index (χ0v) is 18.9. The number of benzene rings is 2. The molecule has 0 aliphatic carbocycles. The summed E-state index contributed by atoms with van der Waals surface area (Å²) in [5, 5.41) is 16.8. The van der Waals surface area contributed by atoms with Gasteiger partial charge in [0.25, 0.3) is 5.91 Å². The number of nitrogens with zero attached hydrogens (tertiary/aromatic N) is 1. The Morgan fingerprint density at radius 2 is 1.97 bits per heavy atom. The summed E-state index contributed by atoms with van der Waals surface area (Å²) in [6, 6.07) is 13.5. The Morgan fingerprint density at radius 3 is 2.61 bits per heavy atom. The van der Waals surface area contributed by atoms with Crippen molar-refractivity contribution in [1.29, 1.82) is 0 Å². The number of carbonyl (C=O) groups excluding carboxylic acids is 2. The fourth-order valence-electron chi connectivity index (χ4n) is 3.01. The third kappa shape index (κ3) is 6.54. The second-order valence-electron chi connectivity index (χ2n) is 6.88. The molecule has 170 valence electrons. The van der Waals surface area contributed by atoms with Crippen molar-refractivity contribution < 1.29 is 24.2 Å². The molecule has 1 aromatic heterocycles. The number of thiophene rings is 1. The second-order valence-corrected chi connectivity index (χ2v) is 7.83. The highest BCUT2D eigenvalue weighted by atomic mass is 32.1. The molecule has 8 heteroatoms. The van der Waals surface area contributed by atoms with Gasteiger partial charge in [-0.05, 0) is 53.6 Å². The van der Waals surface area contributed by atoms with Gasteiger partial charge in [0.05, 0.1) is 23.7 Å². The maximum absolute atomic E-state index is 12.1.